The Balaban J connectivity index is 1.12. The van der Waals surface area contributed by atoms with Gasteiger partial charge in [0.15, 0.2) is 0 Å². The first-order valence-electron chi connectivity index (χ1n) is 14.7. The average molecular weight is 564 g/mol. The maximum absolute atomic E-state index is 13.3. The van der Waals surface area contributed by atoms with Crippen LogP contribution in [0.1, 0.15) is 62.0 Å². The lowest BCUT2D eigenvalue weighted by molar-refractivity contribution is -0.150. The van der Waals surface area contributed by atoms with Crippen molar-refractivity contribution in [1.29, 1.82) is 0 Å². The van der Waals surface area contributed by atoms with Crippen molar-refractivity contribution in [2.75, 3.05) is 26.2 Å². The van der Waals surface area contributed by atoms with Crippen molar-refractivity contribution < 1.29 is 29.0 Å². The van der Waals surface area contributed by atoms with E-state index in [9.17, 15) is 24.3 Å². The molecule has 41 heavy (non-hydrogen) atoms. The predicted molar refractivity (Wildman–Crippen MR) is 154 cm³/mol. The van der Waals surface area contributed by atoms with Gasteiger partial charge >= 0.3 is 12.1 Å². The Morgan fingerprint density at radius 2 is 1.71 bits per heavy atom. The fraction of sp³-hybridized carbons (Fsp3) is 0.500. The average Bonchev–Trinajstić information content (AvgIpc) is 3.49. The Bertz CT molecular complexity index is 1160. The van der Waals surface area contributed by atoms with Gasteiger partial charge in [0.1, 0.15) is 18.4 Å². The van der Waals surface area contributed by atoms with Crippen LogP contribution in [-0.4, -0.2) is 66.0 Å². The summed E-state index contributed by atoms with van der Waals surface area (Å²) in [6, 6.07) is 18.8. The van der Waals surface area contributed by atoms with E-state index in [0.717, 1.165) is 24.8 Å². The van der Waals surface area contributed by atoms with Gasteiger partial charge in [-0.2, -0.15) is 0 Å². The number of carbonyl (C=O) groups is 4. The van der Waals surface area contributed by atoms with Crippen LogP contribution in [0.2, 0.25) is 0 Å². The normalized spacial score (nSPS) is 22.2. The summed E-state index contributed by atoms with van der Waals surface area (Å²) < 4.78 is 5.18. The maximum atomic E-state index is 13.3. The minimum Gasteiger partial charge on any atom is -0.481 e. The molecule has 2 heterocycles. The zero-order valence-corrected chi connectivity index (χ0v) is 23.5. The highest BCUT2D eigenvalue weighted by Crippen LogP contribution is 2.30. The number of likely N-dealkylation sites (tertiary alicyclic amines) is 1. The number of Topliss-reactive ketones (excluding diaryl/α,β-unsaturated/α-hetero) is 1. The molecule has 2 aliphatic heterocycles. The Hall–Kier alpha value is -3.72. The van der Waals surface area contributed by atoms with Crippen LogP contribution in [0.15, 0.2) is 60.7 Å². The lowest BCUT2D eigenvalue weighted by Gasteiger charge is -2.36. The quantitative estimate of drug-likeness (QED) is 0.313. The zero-order valence-electron chi connectivity index (χ0n) is 23.5. The Kier molecular flexibility index (Phi) is 11.3. The van der Waals surface area contributed by atoms with Crippen LogP contribution in [0.25, 0.3) is 0 Å². The van der Waals surface area contributed by atoms with Crippen LogP contribution in [0.3, 0.4) is 0 Å². The van der Waals surface area contributed by atoms with Gasteiger partial charge in [-0.3, -0.25) is 14.4 Å². The number of carboxylic acid groups (broad SMARTS) is 1. The first kappa shape index (κ1) is 30.2. The molecule has 2 saturated heterocycles. The molecule has 220 valence electrons. The molecule has 4 atom stereocenters. The van der Waals surface area contributed by atoms with Crippen molar-refractivity contribution in [3.63, 3.8) is 0 Å². The molecule has 2 fully saturated rings. The summed E-state index contributed by atoms with van der Waals surface area (Å²) in [5, 5.41) is 15.8. The molecule has 0 spiro atoms. The smallest absolute Gasteiger partial charge is 0.407 e. The molecule has 9 nitrogen and oxygen atoms in total. The number of hydrogen-bond acceptors (Lipinski definition) is 6. The van der Waals surface area contributed by atoms with E-state index in [-0.39, 0.29) is 30.1 Å². The van der Waals surface area contributed by atoms with E-state index in [1.54, 1.807) is 4.90 Å². The number of aliphatic carboxylic acids is 1. The fourth-order valence-corrected chi connectivity index (χ4v) is 5.84. The number of amides is 2. The molecule has 0 saturated carbocycles. The lowest BCUT2D eigenvalue weighted by atomic mass is 9.81. The molecule has 3 N–H and O–H groups in total. The molecule has 2 aliphatic rings. The maximum Gasteiger partial charge on any atom is 0.407 e. The number of carboxylic acids is 1. The van der Waals surface area contributed by atoms with Crippen LogP contribution < -0.4 is 10.6 Å². The van der Waals surface area contributed by atoms with Gasteiger partial charge in [0.25, 0.3) is 0 Å². The molecule has 0 aliphatic carbocycles. The molecule has 4 unspecified atom stereocenters. The molecule has 2 aromatic carbocycles. The number of carbonyl (C=O) groups excluding carboxylic acids is 3. The highest BCUT2D eigenvalue weighted by molar-refractivity contribution is 5.88. The monoisotopic (exact) mass is 563 g/mol. The van der Waals surface area contributed by atoms with Gasteiger partial charge in [0.05, 0.1) is 5.92 Å². The van der Waals surface area contributed by atoms with Gasteiger partial charge in [0, 0.05) is 38.4 Å². The SMILES string of the molecule is O=C(CCCCCNC(=O)OCc1ccccc1)CC1CNC(C(=O)N2CCC(c3ccccc3)C2)C(C(=O)O)C1. The fourth-order valence-electron chi connectivity index (χ4n) is 5.84. The third kappa shape index (κ3) is 9.14. The second kappa shape index (κ2) is 15.3. The molecule has 2 aromatic rings. The summed E-state index contributed by atoms with van der Waals surface area (Å²) in [4.78, 5) is 51.6. The second-order valence-corrected chi connectivity index (χ2v) is 11.2. The number of benzene rings is 2. The van der Waals surface area contributed by atoms with Gasteiger partial charge in [-0.15, -0.1) is 0 Å². The zero-order chi connectivity index (χ0) is 29.0. The van der Waals surface area contributed by atoms with Gasteiger partial charge in [-0.05, 0) is 49.3 Å². The van der Waals surface area contributed by atoms with Crippen LogP contribution in [0.4, 0.5) is 4.79 Å². The van der Waals surface area contributed by atoms with Gasteiger partial charge in [-0.25, -0.2) is 4.79 Å². The van der Waals surface area contributed by atoms with E-state index in [1.807, 2.05) is 48.5 Å². The van der Waals surface area contributed by atoms with Crippen LogP contribution in [0, 0.1) is 11.8 Å². The number of alkyl carbamates (subject to hydrolysis) is 1. The Morgan fingerprint density at radius 1 is 0.976 bits per heavy atom. The van der Waals surface area contributed by atoms with Crippen molar-refractivity contribution in [3.8, 4) is 0 Å². The van der Waals surface area contributed by atoms with Crippen molar-refractivity contribution in [2.45, 2.75) is 63.5 Å². The van der Waals surface area contributed by atoms with Crippen molar-refractivity contribution >= 4 is 23.8 Å². The largest absolute Gasteiger partial charge is 0.481 e. The Morgan fingerprint density at radius 3 is 2.44 bits per heavy atom. The third-order valence-electron chi connectivity index (χ3n) is 8.10. The molecule has 2 amide bonds. The van der Waals surface area contributed by atoms with Crippen LogP contribution >= 0.6 is 0 Å². The predicted octanol–water partition coefficient (Wildman–Crippen LogP) is 4.13. The number of nitrogens with zero attached hydrogens (tertiary/aromatic N) is 1. The number of piperidine rings is 1. The van der Waals surface area contributed by atoms with Crippen molar-refractivity contribution in [1.82, 2.24) is 15.5 Å². The van der Waals surface area contributed by atoms with Crippen molar-refractivity contribution in [2.24, 2.45) is 11.8 Å². The molecule has 0 bridgehead atoms. The summed E-state index contributed by atoms with van der Waals surface area (Å²) in [6.45, 7) is 2.38. The minimum atomic E-state index is -0.999. The number of hydrogen-bond donors (Lipinski definition) is 3. The summed E-state index contributed by atoms with van der Waals surface area (Å²) in [7, 11) is 0. The Labute approximate surface area is 241 Å². The highest BCUT2D eigenvalue weighted by atomic mass is 16.5. The number of rotatable bonds is 13. The summed E-state index contributed by atoms with van der Waals surface area (Å²) in [6.07, 6.45) is 3.69. The third-order valence-corrected chi connectivity index (χ3v) is 8.10. The highest BCUT2D eigenvalue weighted by Gasteiger charge is 2.42. The first-order valence-corrected chi connectivity index (χ1v) is 14.7. The van der Waals surface area contributed by atoms with Crippen molar-refractivity contribution in [3.05, 3.63) is 71.8 Å². The van der Waals surface area contributed by atoms with Gasteiger partial charge in [0.2, 0.25) is 5.91 Å². The van der Waals surface area contributed by atoms with E-state index >= 15 is 0 Å². The number of ketones is 1. The molecular weight excluding hydrogens is 522 g/mol. The standard InChI is InChI=1S/C32H41N3O6/c36-27(14-8-3-9-16-33-32(40)41-22-23-10-4-1-5-11-23)18-24-19-28(31(38)39)29(34-20-24)30(37)35-17-15-26(21-35)25-12-6-2-7-13-25/h1-2,4-7,10-13,24,26,28-29,34H,3,8-9,14-22H2,(H,33,40)(H,38,39). The molecule has 0 aromatic heterocycles. The summed E-state index contributed by atoms with van der Waals surface area (Å²) in [5.74, 6) is -1.74. The molecule has 9 heteroatoms. The molecular formula is C32H41N3O6. The van der Waals surface area contributed by atoms with Gasteiger partial charge < -0.3 is 25.4 Å². The van der Waals surface area contributed by atoms with Crippen LogP contribution in [-0.2, 0) is 25.7 Å². The van der Waals surface area contributed by atoms with E-state index in [4.69, 9.17) is 4.74 Å². The van der Waals surface area contributed by atoms with Crippen LogP contribution in [0.5, 0.6) is 0 Å². The van der Waals surface area contributed by atoms with E-state index in [0.29, 0.717) is 51.9 Å². The number of nitrogens with one attached hydrogen (secondary N) is 2. The summed E-state index contributed by atoms with van der Waals surface area (Å²) >= 11 is 0. The first-order chi connectivity index (χ1) is 19.9. The lowest BCUT2D eigenvalue weighted by Crippen LogP contribution is -2.56. The van der Waals surface area contributed by atoms with E-state index < -0.39 is 24.0 Å². The number of unbranched alkanes of at least 4 members (excludes halogenated alkanes) is 2. The topological polar surface area (TPSA) is 125 Å². The minimum absolute atomic E-state index is 0.103. The molecule has 4 rings (SSSR count). The molecule has 0 radical (unpaired) electrons. The summed E-state index contributed by atoms with van der Waals surface area (Å²) in [5.41, 5.74) is 2.13. The number of ether oxygens (including phenoxy) is 1. The van der Waals surface area contributed by atoms with E-state index in [1.165, 1.54) is 5.56 Å². The van der Waals surface area contributed by atoms with Gasteiger partial charge in [-0.1, -0.05) is 67.1 Å². The van der Waals surface area contributed by atoms with E-state index in [2.05, 4.69) is 22.8 Å². The second-order valence-electron chi connectivity index (χ2n) is 11.2.